The zero-order valence-corrected chi connectivity index (χ0v) is 15.3. The first-order chi connectivity index (χ1) is 12.4. The minimum atomic E-state index is -0.419. The summed E-state index contributed by atoms with van der Waals surface area (Å²) in [6.45, 7) is 7.45. The van der Waals surface area contributed by atoms with Gasteiger partial charge in [-0.3, -0.25) is 4.79 Å². The summed E-state index contributed by atoms with van der Waals surface area (Å²) >= 11 is 0. The molecule has 26 heavy (non-hydrogen) atoms. The van der Waals surface area contributed by atoms with E-state index in [9.17, 15) is 9.59 Å². The van der Waals surface area contributed by atoms with Gasteiger partial charge in [-0.05, 0) is 57.5 Å². The number of H-pyrrole nitrogens is 1. The molecule has 0 spiro atoms. The Morgan fingerprint density at radius 1 is 1.27 bits per heavy atom. The fourth-order valence-electron chi connectivity index (χ4n) is 3.09. The molecule has 0 aliphatic heterocycles. The minimum absolute atomic E-state index is 0.212. The summed E-state index contributed by atoms with van der Waals surface area (Å²) in [6.07, 6.45) is 5.10. The first-order valence-corrected chi connectivity index (χ1v) is 8.46. The molecule has 0 aliphatic carbocycles. The molecule has 6 heteroatoms. The number of allylic oxidation sites excluding steroid dienone is 1. The number of nitrogens with one attached hydrogen (secondary N) is 1. The van der Waals surface area contributed by atoms with Crippen LogP contribution in [0.3, 0.4) is 0 Å². The van der Waals surface area contributed by atoms with Crippen LogP contribution in [0.1, 0.15) is 50.5 Å². The normalized spacial score (nSPS) is 11.4. The molecule has 0 saturated carbocycles. The number of nitrogens with zero attached hydrogens (tertiary/aromatic N) is 2. The molecule has 0 amide bonds. The van der Waals surface area contributed by atoms with Gasteiger partial charge >= 0.3 is 5.97 Å². The lowest BCUT2D eigenvalue weighted by molar-refractivity contribution is 0.0525. The molecule has 3 aromatic heterocycles. The van der Waals surface area contributed by atoms with Gasteiger partial charge in [-0.25, -0.2) is 9.78 Å². The van der Waals surface area contributed by atoms with Crippen LogP contribution in [0.25, 0.3) is 11.6 Å². The Hall–Kier alpha value is -3.15. The van der Waals surface area contributed by atoms with E-state index in [2.05, 4.69) is 9.97 Å². The molecular weight excluding hydrogens is 330 g/mol. The van der Waals surface area contributed by atoms with Gasteiger partial charge in [0, 0.05) is 11.9 Å². The van der Waals surface area contributed by atoms with Gasteiger partial charge in [0.15, 0.2) is 0 Å². The highest BCUT2D eigenvalue weighted by atomic mass is 16.5. The minimum Gasteiger partial charge on any atom is -0.462 e. The summed E-state index contributed by atoms with van der Waals surface area (Å²) in [5.74, 6) is 0.220. The van der Waals surface area contributed by atoms with Crippen LogP contribution in [-0.2, 0) is 4.74 Å². The van der Waals surface area contributed by atoms with Crippen LogP contribution in [0, 0.1) is 20.8 Å². The Bertz CT molecular complexity index is 1020. The number of esters is 1. The molecule has 1 N–H and O–H groups in total. The number of imidazole rings is 1. The lowest BCUT2D eigenvalue weighted by Crippen LogP contribution is -2.07. The summed E-state index contributed by atoms with van der Waals surface area (Å²) in [6, 6.07) is 5.81. The second kappa shape index (κ2) is 7.00. The lowest BCUT2D eigenvalue weighted by atomic mass is 10.1. The molecule has 3 rings (SSSR count). The van der Waals surface area contributed by atoms with Crippen LogP contribution < -0.4 is 0 Å². The van der Waals surface area contributed by atoms with Crippen LogP contribution in [0.4, 0.5) is 0 Å². The average Bonchev–Trinajstić information content (AvgIpc) is 3.10. The van der Waals surface area contributed by atoms with Crippen LogP contribution in [0.5, 0.6) is 0 Å². The molecule has 0 bridgehead atoms. The highest BCUT2D eigenvalue weighted by Crippen LogP contribution is 2.21. The van der Waals surface area contributed by atoms with E-state index < -0.39 is 5.97 Å². The Kier molecular flexibility index (Phi) is 4.75. The van der Waals surface area contributed by atoms with Gasteiger partial charge in [0.05, 0.1) is 29.1 Å². The van der Waals surface area contributed by atoms with E-state index in [0.717, 1.165) is 17.0 Å². The molecule has 3 heterocycles. The third kappa shape index (κ3) is 3.06. The number of aromatic nitrogens is 3. The van der Waals surface area contributed by atoms with Crippen molar-refractivity contribution in [3.05, 3.63) is 64.5 Å². The zero-order valence-electron chi connectivity index (χ0n) is 15.3. The topological polar surface area (TPSA) is 76.5 Å². The van der Waals surface area contributed by atoms with E-state index in [4.69, 9.17) is 4.74 Å². The summed E-state index contributed by atoms with van der Waals surface area (Å²) in [4.78, 5) is 32.2. The Labute approximate surface area is 151 Å². The van der Waals surface area contributed by atoms with Gasteiger partial charge in [0.1, 0.15) is 5.82 Å². The zero-order chi connectivity index (χ0) is 18.8. The van der Waals surface area contributed by atoms with E-state index in [-0.39, 0.29) is 5.78 Å². The van der Waals surface area contributed by atoms with E-state index in [1.807, 2.05) is 35.7 Å². The number of hydrogen-bond donors (Lipinski definition) is 1. The van der Waals surface area contributed by atoms with Crippen LogP contribution in [0.15, 0.2) is 30.5 Å². The smallest absolute Gasteiger partial charge is 0.340 e. The first-order valence-electron chi connectivity index (χ1n) is 8.46. The highest BCUT2D eigenvalue weighted by Gasteiger charge is 2.21. The van der Waals surface area contributed by atoms with Gasteiger partial charge in [-0.1, -0.05) is 6.07 Å². The standard InChI is InChI=1S/C20H21N3O3/c1-5-26-20(25)18-12(2)19(21-13(18)3)17(24)10-9-15-16-8-6-7-11-23(16)14(4)22-15/h6-11,21H,5H2,1-4H3/b10-9+. The number of carbonyl (C=O) groups excluding carboxylic acids is 2. The number of pyridine rings is 1. The molecule has 0 atom stereocenters. The van der Waals surface area contributed by atoms with E-state index in [0.29, 0.717) is 29.1 Å². The predicted octanol–water partition coefficient (Wildman–Crippen LogP) is 3.66. The molecule has 0 aliphatic rings. The predicted molar refractivity (Wildman–Crippen MR) is 99.5 cm³/mol. The highest BCUT2D eigenvalue weighted by molar-refractivity contribution is 6.09. The quantitative estimate of drug-likeness (QED) is 0.432. The molecule has 0 aromatic carbocycles. The molecular formula is C20H21N3O3. The Morgan fingerprint density at radius 3 is 2.77 bits per heavy atom. The number of aryl methyl sites for hydroxylation is 2. The van der Waals surface area contributed by atoms with E-state index >= 15 is 0 Å². The number of hydrogen-bond acceptors (Lipinski definition) is 4. The average molecular weight is 351 g/mol. The lowest BCUT2D eigenvalue weighted by Gasteiger charge is -2.02. The van der Waals surface area contributed by atoms with Gasteiger partial charge in [0.25, 0.3) is 0 Å². The maximum atomic E-state index is 12.6. The first kappa shape index (κ1) is 17.7. The van der Waals surface area contributed by atoms with Crippen molar-refractivity contribution >= 4 is 23.3 Å². The second-order valence-corrected chi connectivity index (χ2v) is 6.04. The Balaban J connectivity index is 1.92. The van der Waals surface area contributed by atoms with E-state index in [1.165, 1.54) is 6.08 Å². The van der Waals surface area contributed by atoms with Crippen LogP contribution in [0.2, 0.25) is 0 Å². The van der Waals surface area contributed by atoms with E-state index in [1.54, 1.807) is 26.8 Å². The molecule has 0 fully saturated rings. The van der Waals surface area contributed by atoms with Crippen LogP contribution in [-0.4, -0.2) is 32.7 Å². The summed E-state index contributed by atoms with van der Waals surface area (Å²) in [7, 11) is 0. The maximum absolute atomic E-state index is 12.6. The number of fused-ring (bicyclic) bond motifs is 1. The van der Waals surface area contributed by atoms with Crippen molar-refractivity contribution < 1.29 is 14.3 Å². The summed E-state index contributed by atoms with van der Waals surface area (Å²) in [5.41, 5.74) is 3.69. The third-order valence-corrected chi connectivity index (χ3v) is 4.31. The third-order valence-electron chi connectivity index (χ3n) is 4.31. The van der Waals surface area contributed by atoms with Crippen molar-refractivity contribution in [1.82, 2.24) is 14.4 Å². The Morgan fingerprint density at radius 2 is 2.04 bits per heavy atom. The van der Waals surface area contributed by atoms with Crippen molar-refractivity contribution in [2.45, 2.75) is 27.7 Å². The van der Waals surface area contributed by atoms with Gasteiger partial charge < -0.3 is 14.1 Å². The molecule has 134 valence electrons. The fraction of sp³-hybridized carbons (Fsp3) is 0.250. The molecule has 0 saturated heterocycles. The molecule has 0 unspecified atom stereocenters. The van der Waals surface area contributed by atoms with Crippen molar-refractivity contribution in [2.75, 3.05) is 6.61 Å². The van der Waals surface area contributed by atoms with Crippen molar-refractivity contribution in [2.24, 2.45) is 0 Å². The fourth-order valence-corrected chi connectivity index (χ4v) is 3.09. The summed E-state index contributed by atoms with van der Waals surface area (Å²) in [5, 5.41) is 0. The van der Waals surface area contributed by atoms with Crippen LogP contribution >= 0.6 is 0 Å². The van der Waals surface area contributed by atoms with Crippen molar-refractivity contribution in [1.29, 1.82) is 0 Å². The maximum Gasteiger partial charge on any atom is 0.340 e. The largest absolute Gasteiger partial charge is 0.462 e. The number of aromatic amines is 1. The molecule has 3 aromatic rings. The summed E-state index contributed by atoms with van der Waals surface area (Å²) < 4.78 is 7.03. The number of carbonyl (C=O) groups is 2. The second-order valence-electron chi connectivity index (χ2n) is 6.04. The van der Waals surface area contributed by atoms with Gasteiger partial charge in [-0.15, -0.1) is 0 Å². The van der Waals surface area contributed by atoms with Crippen molar-refractivity contribution in [3.63, 3.8) is 0 Å². The van der Waals surface area contributed by atoms with Crippen molar-refractivity contribution in [3.8, 4) is 0 Å². The number of ketones is 1. The molecule has 6 nitrogen and oxygen atoms in total. The van der Waals surface area contributed by atoms with Gasteiger partial charge in [-0.2, -0.15) is 0 Å². The SMILES string of the molecule is CCOC(=O)c1c(C)[nH]c(C(=O)/C=C/c2nc(C)n3ccccc23)c1C. The monoisotopic (exact) mass is 351 g/mol. The number of rotatable bonds is 5. The molecule has 0 radical (unpaired) electrons. The number of ether oxygens (including phenoxy) is 1. The van der Waals surface area contributed by atoms with Gasteiger partial charge in [0.2, 0.25) is 5.78 Å².